The molecule has 5 nitrogen and oxygen atoms in total. The summed E-state index contributed by atoms with van der Waals surface area (Å²) in [4.78, 5) is 14.1. The first-order chi connectivity index (χ1) is 10.2. The minimum Gasteiger partial charge on any atom is -0.394 e. The molecule has 5 heteroatoms. The summed E-state index contributed by atoms with van der Waals surface area (Å²) in [6.07, 6.45) is 7.82. The van der Waals surface area contributed by atoms with Gasteiger partial charge < -0.3 is 20.1 Å². The number of likely N-dealkylation sites (tertiary alicyclic amines) is 1. The first-order valence-electron chi connectivity index (χ1n) is 8.44. The predicted molar refractivity (Wildman–Crippen MR) is 82.2 cm³/mol. The van der Waals surface area contributed by atoms with Crippen molar-refractivity contribution in [3.63, 3.8) is 0 Å². The normalized spacial score (nSPS) is 24.5. The second-order valence-electron chi connectivity index (χ2n) is 6.48. The smallest absolute Gasteiger partial charge is 0.317 e. The van der Waals surface area contributed by atoms with E-state index in [-0.39, 0.29) is 24.1 Å². The van der Waals surface area contributed by atoms with Crippen LogP contribution < -0.4 is 5.32 Å². The van der Waals surface area contributed by atoms with Crippen molar-refractivity contribution < 1.29 is 14.6 Å². The molecular formula is C16H30N2O3. The molecule has 2 amide bonds. The summed E-state index contributed by atoms with van der Waals surface area (Å²) in [7, 11) is 0. The van der Waals surface area contributed by atoms with Crippen molar-refractivity contribution in [2.75, 3.05) is 32.9 Å². The van der Waals surface area contributed by atoms with Crippen LogP contribution in [0.5, 0.6) is 0 Å². The molecule has 122 valence electrons. The zero-order chi connectivity index (χ0) is 15.1. The quantitative estimate of drug-likeness (QED) is 0.708. The minimum atomic E-state index is -0.00534. The van der Waals surface area contributed by atoms with Crippen LogP contribution in [-0.2, 0) is 4.74 Å². The Morgan fingerprint density at radius 2 is 2.14 bits per heavy atom. The maximum absolute atomic E-state index is 12.3. The second kappa shape index (κ2) is 7.99. The lowest BCUT2D eigenvalue weighted by Crippen LogP contribution is -2.47. The number of aliphatic hydroxyl groups excluding tert-OH is 1. The molecule has 1 saturated heterocycles. The molecule has 1 heterocycles. The molecule has 2 aliphatic rings. The second-order valence-corrected chi connectivity index (χ2v) is 6.48. The van der Waals surface area contributed by atoms with Crippen LogP contribution in [0.15, 0.2) is 0 Å². The van der Waals surface area contributed by atoms with E-state index >= 15 is 0 Å². The van der Waals surface area contributed by atoms with Crippen LogP contribution in [0.25, 0.3) is 0 Å². The Bertz CT molecular complexity index is 329. The highest BCUT2D eigenvalue weighted by atomic mass is 16.5. The fraction of sp³-hybridized carbons (Fsp3) is 0.938. The van der Waals surface area contributed by atoms with Gasteiger partial charge in [0.25, 0.3) is 0 Å². The Labute approximate surface area is 128 Å². The van der Waals surface area contributed by atoms with E-state index in [9.17, 15) is 9.90 Å². The van der Waals surface area contributed by atoms with Crippen molar-refractivity contribution in [1.82, 2.24) is 10.2 Å². The van der Waals surface area contributed by atoms with Crippen LogP contribution in [0.2, 0.25) is 0 Å². The molecule has 0 aromatic carbocycles. The van der Waals surface area contributed by atoms with E-state index in [4.69, 9.17) is 4.74 Å². The van der Waals surface area contributed by atoms with Crippen LogP contribution in [0.4, 0.5) is 4.79 Å². The number of nitrogens with zero attached hydrogens (tertiary/aromatic N) is 1. The van der Waals surface area contributed by atoms with Crippen molar-refractivity contribution in [3.05, 3.63) is 0 Å². The monoisotopic (exact) mass is 298 g/mol. The Morgan fingerprint density at radius 1 is 1.38 bits per heavy atom. The molecule has 1 atom stereocenters. The Kier molecular flexibility index (Phi) is 6.30. The van der Waals surface area contributed by atoms with Crippen LogP contribution in [0.3, 0.4) is 0 Å². The van der Waals surface area contributed by atoms with Gasteiger partial charge in [-0.1, -0.05) is 12.8 Å². The molecule has 0 spiro atoms. The largest absolute Gasteiger partial charge is 0.394 e. The average molecular weight is 298 g/mol. The van der Waals surface area contributed by atoms with Gasteiger partial charge in [-0.05, 0) is 44.4 Å². The van der Waals surface area contributed by atoms with Gasteiger partial charge >= 0.3 is 6.03 Å². The van der Waals surface area contributed by atoms with E-state index in [2.05, 4.69) is 5.32 Å². The predicted octanol–water partition coefficient (Wildman–Crippen LogP) is 2.14. The van der Waals surface area contributed by atoms with Gasteiger partial charge in [-0.15, -0.1) is 0 Å². The number of aliphatic hydroxyl groups is 1. The number of hydrogen-bond donors (Lipinski definition) is 2. The van der Waals surface area contributed by atoms with E-state index in [1.165, 1.54) is 25.7 Å². The van der Waals surface area contributed by atoms with Gasteiger partial charge in [-0.25, -0.2) is 4.79 Å². The summed E-state index contributed by atoms with van der Waals surface area (Å²) < 4.78 is 5.51. The lowest BCUT2D eigenvalue weighted by atomic mass is 9.83. The number of hydrogen-bond acceptors (Lipinski definition) is 3. The van der Waals surface area contributed by atoms with Crippen LogP contribution in [-0.4, -0.2) is 55.0 Å². The maximum atomic E-state index is 12.3. The van der Waals surface area contributed by atoms with Gasteiger partial charge in [0.05, 0.1) is 12.6 Å². The number of amides is 2. The third kappa shape index (κ3) is 4.33. The van der Waals surface area contributed by atoms with Crippen molar-refractivity contribution in [2.24, 2.45) is 5.41 Å². The standard InChI is InChI=1S/C16H30N2O3/c1-2-21-11-9-16(7-3-4-8-16)13-17-15(20)18-10-5-6-14(18)12-19/h14,19H,2-13H2,1H3,(H,17,20). The molecule has 1 aliphatic carbocycles. The number of rotatable bonds is 7. The number of ether oxygens (including phenoxy) is 1. The van der Waals surface area contributed by atoms with E-state index in [1.54, 1.807) is 4.90 Å². The Balaban J connectivity index is 1.82. The first-order valence-corrected chi connectivity index (χ1v) is 8.44. The minimum absolute atomic E-state index is 0.00534. The molecular weight excluding hydrogens is 268 g/mol. The average Bonchev–Trinajstić information content (AvgIpc) is 3.14. The van der Waals surface area contributed by atoms with E-state index in [0.717, 1.165) is 45.6 Å². The van der Waals surface area contributed by atoms with Crippen molar-refractivity contribution in [1.29, 1.82) is 0 Å². The zero-order valence-electron chi connectivity index (χ0n) is 13.3. The lowest BCUT2D eigenvalue weighted by molar-refractivity contribution is 0.101. The third-order valence-corrected chi connectivity index (χ3v) is 5.11. The summed E-state index contributed by atoms with van der Waals surface area (Å²) in [6.45, 7) is 5.15. The topological polar surface area (TPSA) is 61.8 Å². The molecule has 1 saturated carbocycles. The van der Waals surface area contributed by atoms with Crippen molar-refractivity contribution in [3.8, 4) is 0 Å². The fourth-order valence-electron chi connectivity index (χ4n) is 3.73. The van der Waals surface area contributed by atoms with Crippen LogP contribution >= 0.6 is 0 Å². The molecule has 1 aliphatic heterocycles. The van der Waals surface area contributed by atoms with E-state index in [0.29, 0.717) is 0 Å². The summed E-state index contributed by atoms with van der Waals surface area (Å²) >= 11 is 0. The van der Waals surface area contributed by atoms with Gasteiger partial charge in [-0.3, -0.25) is 0 Å². The maximum Gasteiger partial charge on any atom is 0.317 e. The van der Waals surface area contributed by atoms with E-state index < -0.39 is 0 Å². The van der Waals surface area contributed by atoms with Gasteiger partial charge in [0.2, 0.25) is 0 Å². The molecule has 21 heavy (non-hydrogen) atoms. The van der Waals surface area contributed by atoms with E-state index in [1.807, 2.05) is 6.92 Å². The highest BCUT2D eigenvalue weighted by Gasteiger charge is 2.35. The third-order valence-electron chi connectivity index (χ3n) is 5.11. The highest BCUT2D eigenvalue weighted by Crippen LogP contribution is 2.40. The van der Waals surface area contributed by atoms with Gasteiger partial charge in [-0.2, -0.15) is 0 Å². The van der Waals surface area contributed by atoms with Gasteiger partial charge in [0.1, 0.15) is 0 Å². The van der Waals surface area contributed by atoms with Gasteiger partial charge in [0.15, 0.2) is 0 Å². The number of nitrogens with one attached hydrogen (secondary N) is 1. The molecule has 2 fully saturated rings. The molecule has 0 radical (unpaired) electrons. The van der Waals surface area contributed by atoms with Crippen LogP contribution in [0.1, 0.15) is 51.9 Å². The summed E-state index contributed by atoms with van der Waals surface area (Å²) in [5.74, 6) is 0. The molecule has 2 N–H and O–H groups in total. The zero-order valence-corrected chi connectivity index (χ0v) is 13.3. The van der Waals surface area contributed by atoms with Crippen molar-refractivity contribution in [2.45, 2.75) is 57.9 Å². The number of carbonyl (C=O) groups excluding carboxylic acids is 1. The Hall–Kier alpha value is -0.810. The summed E-state index contributed by atoms with van der Waals surface area (Å²) in [6, 6.07) is 0.00203. The highest BCUT2D eigenvalue weighted by molar-refractivity contribution is 5.74. The van der Waals surface area contributed by atoms with Crippen LogP contribution in [0, 0.1) is 5.41 Å². The SMILES string of the molecule is CCOCCC1(CNC(=O)N2CCCC2CO)CCCC1. The number of urea groups is 1. The molecule has 0 aromatic heterocycles. The molecule has 1 unspecified atom stereocenters. The first kappa shape index (κ1) is 16.6. The summed E-state index contributed by atoms with van der Waals surface area (Å²) in [5, 5.41) is 12.4. The number of carbonyl (C=O) groups is 1. The van der Waals surface area contributed by atoms with Gasteiger partial charge in [0, 0.05) is 26.3 Å². The fourth-order valence-corrected chi connectivity index (χ4v) is 3.73. The summed E-state index contributed by atoms with van der Waals surface area (Å²) in [5.41, 5.74) is 0.221. The Morgan fingerprint density at radius 3 is 2.81 bits per heavy atom. The molecule has 0 bridgehead atoms. The molecule has 2 rings (SSSR count). The molecule has 0 aromatic rings. The lowest BCUT2D eigenvalue weighted by Gasteiger charge is -2.31. The van der Waals surface area contributed by atoms with Crippen molar-refractivity contribution >= 4 is 6.03 Å².